The highest BCUT2D eigenvalue weighted by atomic mass is 79.9. The van der Waals surface area contributed by atoms with Crippen molar-refractivity contribution in [3.05, 3.63) is 34.3 Å². The molecule has 18 heavy (non-hydrogen) atoms. The van der Waals surface area contributed by atoms with Crippen LogP contribution in [0.1, 0.15) is 38.8 Å². The van der Waals surface area contributed by atoms with Gasteiger partial charge in [0.2, 0.25) is 0 Å². The molecule has 1 atom stereocenters. The van der Waals surface area contributed by atoms with Crippen LogP contribution in [-0.4, -0.2) is 23.1 Å². The number of benzene rings is 1. The Morgan fingerprint density at radius 3 is 2.39 bits per heavy atom. The molecule has 1 aliphatic heterocycles. The van der Waals surface area contributed by atoms with Gasteiger partial charge in [0.05, 0.1) is 6.04 Å². The number of hydrogen-bond acceptors (Lipinski definition) is 2. The first-order valence-corrected chi connectivity index (χ1v) is 6.91. The van der Waals surface area contributed by atoms with Crippen LogP contribution in [0.5, 0.6) is 0 Å². The zero-order valence-corrected chi connectivity index (χ0v) is 12.5. The van der Waals surface area contributed by atoms with Gasteiger partial charge in [-0.15, -0.1) is 0 Å². The van der Waals surface area contributed by atoms with E-state index in [9.17, 15) is 4.79 Å². The van der Waals surface area contributed by atoms with Gasteiger partial charge in [-0.3, -0.25) is 0 Å². The molecule has 0 saturated carbocycles. The Hall–Kier alpha value is -1.03. The molecule has 3 nitrogen and oxygen atoms in total. The molecule has 1 aliphatic rings. The summed E-state index contributed by atoms with van der Waals surface area (Å²) in [4.78, 5) is 13.8. The lowest BCUT2D eigenvalue weighted by Gasteiger charge is -2.41. The zero-order chi connectivity index (χ0) is 13.3. The third-order valence-corrected chi connectivity index (χ3v) is 3.43. The van der Waals surface area contributed by atoms with E-state index in [1.165, 1.54) is 0 Å². The number of carbonyl (C=O) groups is 1. The topological polar surface area (TPSA) is 29.5 Å². The first-order valence-electron chi connectivity index (χ1n) is 6.12. The third-order valence-electron chi connectivity index (χ3n) is 2.90. The molecule has 1 aromatic rings. The Kier molecular flexibility index (Phi) is 3.66. The van der Waals surface area contributed by atoms with Crippen LogP contribution in [0.2, 0.25) is 0 Å². The van der Waals surface area contributed by atoms with E-state index in [0.717, 1.165) is 23.0 Å². The second kappa shape index (κ2) is 4.92. The van der Waals surface area contributed by atoms with Crippen molar-refractivity contribution in [2.24, 2.45) is 0 Å². The van der Waals surface area contributed by atoms with Crippen molar-refractivity contribution < 1.29 is 9.53 Å². The van der Waals surface area contributed by atoms with E-state index in [1.54, 1.807) is 4.90 Å². The summed E-state index contributed by atoms with van der Waals surface area (Å²) >= 11 is 3.41. The predicted octanol–water partition coefficient (Wildman–Crippen LogP) is 4.13. The second-order valence-electron chi connectivity index (χ2n) is 5.53. The van der Waals surface area contributed by atoms with Gasteiger partial charge in [0.25, 0.3) is 0 Å². The van der Waals surface area contributed by atoms with E-state index in [-0.39, 0.29) is 12.1 Å². The molecule has 1 heterocycles. The zero-order valence-electron chi connectivity index (χ0n) is 10.9. The molecular weight excluding hydrogens is 294 g/mol. The maximum atomic E-state index is 12.0. The average Bonchev–Trinajstić information content (AvgIpc) is 2.16. The van der Waals surface area contributed by atoms with Gasteiger partial charge >= 0.3 is 6.09 Å². The normalized spacial score (nSPS) is 19.3. The lowest BCUT2D eigenvalue weighted by molar-refractivity contribution is -0.00574. The van der Waals surface area contributed by atoms with Crippen LogP contribution < -0.4 is 0 Å². The summed E-state index contributed by atoms with van der Waals surface area (Å²) < 4.78 is 6.45. The van der Waals surface area contributed by atoms with Crippen LogP contribution in [0.4, 0.5) is 4.79 Å². The van der Waals surface area contributed by atoms with E-state index >= 15 is 0 Å². The van der Waals surface area contributed by atoms with E-state index in [0.29, 0.717) is 0 Å². The molecule has 0 radical (unpaired) electrons. The van der Waals surface area contributed by atoms with Crippen LogP contribution in [-0.2, 0) is 4.74 Å². The number of ether oxygens (including phenoxy) is 1. The van der Waals surface area contributed by atoms with Crippen molar-refractivity contribution in [1.29, 1.82) is 0 Å². The number of carbonyl (C=O) groups excluding carboxylic acids is 1. The molecular formula is C14H18BrNO2. The number of likely N-dealkylation sites (tertiary alicyclic amines) is 1. The second-order valence-corrected chi connectivity index (χ2v) is 6.45. The Morgan fingerprint density at radius 2 is 1.94 bits per heavy atom. The predicted molar refractivity (Wildman–Crippen MR) is 74.4 cm³/mol. The highest BCUT2D eigenvalue weighted by molar-refractivity contribution is 9.10. The van der Waals surface area contributed by atoms with Crippen LogP contribution >= 0.6 is 15.9 Å². The molecule has 0 N–H and O–H groups in total. The van der Waals surface area contributed by atoms with Crippen molar-refractivity contribution in [2.45, 2.75) is 38.8 Å². The molecule has 0 bridgehead atoms. The van der Waals surface area contributed by atoms with Crippen molar-refractivity contribution in [3.8, 4) is 0 Å². The summed E-state index contributed by atoms with van der Waals surface area (Å²) in [5.74, 6) is 0. The SMILES string of the molecule is CC(C)(C)OC(=O)N1CCC1c1ccc(Br)cc1. The summed E-state index contributed by atoms with van der Waals surface area (Å²) in [6, 6.07) is 8.26. The van der Waals surface area contributed by atoms with Gasteiger partial charge in [-0.05, 0) is 44.9 Å². The van der Waals surface area contributed by atoms with Crippen LogP contribution in [0.3, 0.4) is 0 Å². The van der Waals surface area contributed by atoms with Crippen molar-refractivity contribution in [3.63, 3.8) is 0 Å². The number of rotatable bonds is 1. The highest BCUT2D eigenvalue weighted by Crippen LogP contribution is 2.34. The van der Waals surface area contributed by atoms with Gasteiger partial charge in [-0.2, -0.15) is 0 Å². The van der Waals surface area contributed by atoms with Gasteiger partial charge in [-0.25, -0.2) is 4.79 Å². The fourth-order valence-electron chi connectivity index (χ4n) is 1.96. The highest BCUT2D eigenvalue weighted by Gasteiger charge is 2.35. The Balaban J connectivity index is 2.04. The fraction of sp³-hybridized carbons (Fsp3) is 0.500. The van der Waals surface area contributed by atoms with E-state index in [1.807, 2.05) is 45.0 Å². The smallest absolute Gasteiger partial charge is 0.410 e. The monoisotopic (exact) mass is 311 g/mol. The third kappa shape index (κ3) is 3.05. The molecule has 98 valence electrons. The minimum Gasteiger partial charge on any atom is -0.444 e. The van der Waals surface area contributed by atoms with Crippen molar-refractivity contribution in [1.82, 2.24) is 4.90 Å². The fourth-order valence-corrected chi connectivity index (χ4v) is 2.22. The minimum absolute atomic E-state index is 0.160. The largest absolute Gasteiger partial charge is 0.444 e. The molecule has 1 saturated heterocycles. The van der Waals surface area contributed by atoms with E-state index in [2.05, 4.69) is 15.9 Å². The molecule has 0 aliphatic carbocycles. The Bertz CT molecular complexity index is 436. The van der Waals surface area contributed by atoms with Gasteiger partial charge in [0, 0.05) is 11.0 Å². The summed E-state index contributed by atoms with van der Waals surface area (Å²) in [7, 11) is 0. The van der Waals surface area contributed by atoms with E-state index in [4.69, 9.17) is 4.74 Å². The molecule has 0 spiro atoms. The maximum absolute atomic E-state index is 12.0. The molecule has 0 aromatic heterocycles. The number of halogens is 1. The van der Waals surface area contributed by atoms with E-state index < -0.39 is 5.60 Å². The first-order chi connectivity index (χ1) is 8.37. The average molecular weight is 312 g/mol. The molecule has 1 aromatic carbocycles. The molecule has 2 rings (SSSR count). The van der Waals surface area contributed by atoms with Gasteiger partial charge in [0.1, 0.15) is 5.60 Å². The van der Waals surface area contributed by atoms with Gasteiger partial charge < -0.3 is 9.64 Å². The van der Waals surface area contributed by atoms with Gasteiger partial charge in [0.15, 0.2) is 0 Å². The molecule has 1 unspecified atom stereocenters. The summed E-state index contributed by atoms with van der Waals surface area (Å²) in [6.45, 7) is 6.44. The lowest BCUT2D eigenvalue weighted by atomic mass is 9.95. The summed E-state index contributed by atoms with van der Waals surface area (Å²) in [5, 5.41) is 0. The number of nitrogens with zero attached hydrogens (tertiary/aromatic N) is 1. The molecule has 4 heteroatoms. The minimum atomic E-state index is -0.434. The Labute approximate surface area is 116 Å². The standard InChI is InChI=1S/C14H18BrNO2/c1-14(2,3)18-13(17)16-9-8-12(16)10-4-6-11(15)7-5-10/h4-7,12H,8-9H2,1-3H3. The van der Waals surface area contributed by atoms with Crippen LogP contribution in [0, 0.1) is 0 Å². The van der Waals surface area contributed by atoms with Gasteiger partial charge in [-0.1, -0.05) is 28.1 Å². The number of amides is 1. The van der Waals surface area contributed by atoms with Crippen molar-refractivity contribution >= 4 is 22.0 Å². The lowest BCUT2D eigenvalue weighted by Crippen LogP contribution is -2.47. The summed E-state index contributed by atoms with van der Waals surface area (Å²) in [6.07, 6.45) is 0.780. The summed E-state index contributed by atoms with van der Waals surface area (Å²) in [5.41, 5.74) is 0.729. The van der Waals surface area contributed by atoms with Crippen molar-refractivity contribution in [2.75, 3.05) is 6.54 Å². The Morgan fingerprint density at radius 1 is 1.33 bits per heavy atom. The maximum Gasteiger partial charge on any atom is 0.410 e. The van der Waals surface area contributed by atoms with Crippen LogP contribution in [0.25, 0.3) is 0 Å². The first kappa shape index (κ1) is 13.4. The van der Waals surface area contributed by atoms with Crippen LogP contribution in [0.15, 0.2) is 28.7 Å². The quantitative estimate of drug-likeness (QED) is 0.780. The molecule has 1 amide bonds. The molecule has 1 fully saturated rings. The number of hydrogen-bond donors (Lipinski definition) is 0.